The minimum atomic E-state index is -2.42. The van der Waals surface area contributed by atoms with Crippen LogP contribution < -0.4 is 19.6 Å². The topological polar surface area (TPSA) is 161 Å². The van der Waals surface area contributed by atoms with Crippen molar-refractivity contribution in [2.24, 2.45) is 0 Å². The van der Waals surface area contributed by atoms with Crippen LogP contribution in [-0.2, 0) is 39.3 Å². The van der Waals surface area contributed by atoms with Gasteiger partial charge in [0.15, 0.2) is 0 Å². The van der Waals surface area contributed by atoms with Gasteiger partial charge in [0.25, 0.3) is 0 Å². The van der Waals surface area contributed by atoms with E-state index in [1.54, 1.807) is 0 Å². The molecule has 0 amide bonds. The van der Waals surface area contributed by atoms with Gasteiger partial charge in [-0.1, -0.05) is 130 Å². The molecule has 250 valence electrons. The number of rotatable bonds is 24. The first kappa shape index (κ1) is 52.0. The summed E-state index contributed by atoms with van der Waals surface area (Å²) >= 11 is 0. The van der Waals surface area contributed by atoms with Gasteiger partial charge in [-0.15, -0.1) is 0 Å². The van der Waals surface area contributed by atoms with E-state index in [1.165, 1.54) is 77.0 Å². The van der Waals surface area contributed by atoms with Crippen LogP contribution in [0.4, 0.5) is 0 Å². The van der Waals surface area contributed by atoms with E-state index in [9.17, 15) is 37.8 Å². The molecule has 0 aromatic heterocycles. The van der Waals surface area contributed by atoms with E-state index < -0.39 is 32.1 Å². The molecule has 0 saturated heterocycles. The molecule has 0 rings (SSSR count). The second-order valence-corrected chi connectivity index (χ2v) is 15.1. The summed E-state index contributed by atoms with van der Waals surface area (Å²) in [7, 11) is -9.69. The van der Waals surface area contributed by atoms with Crippen LogP contribution in [0, 0.1) is 0 Å². The molecule has 0 radical (unpaired) electrons. The van der Waals surface area contributed by atoms with Gasteiger partial charge >= 0.3 is 21.1 Å². The molecule has 0 aromatic rings. The van der Waals surface area contributed by atoms with Gasteiger partial charge in [0.05, 0.1) is 0 Å². The molecule has 4 unspecified atom stereocenters. The van der Waals surface area contributed by atoms with Gasteiger partial charge in [0, 0.05) is 32.1 Å². The zero-order valence-corrected chi connectivity index (χ0v) is 32.7. The van der Waals surface area contributed by atoms with Crippen LogP contribution in [0.15, 0.2) is 0 Å². The molecule has 0 aliphatic rings. The van der Waals surface area contributed by atoms with Crippen molar-refractivity contribution in [1.82, 2.24) is 0 Å². The van der Waals surface area contributed by atoms with Crippen molar-refractivity contribution < 1.29 is 58.9 Å². The molecule has 0 N–H and O–H groups in total. The van der Waals surface area contributed by atoms with Gasteiger partial charge < -0.3 is 37.8 Å². The monoisotopic (exact) mass is 750 g/mol. The third-order valence-electron chi connectivity index (χ3n) is 5.94. The Hall–Kier alpha value is 1.45. The van der Waals surface area contributed by atoms with Gasteiger partial charge in [-0.2, -0.15) is 0 Å². The maximum Gasteiger partial charge on any atom is 4.00 e. The van der Waals surface area contributed by atoms with Crippen LogP contribution in [0.1, 0.15) is 156 Å². The summed E-state index contributed by atoms with van der Waals surface area (Å²) in [5, 5.41) is 0. The van der Waals surface area contributed by atoms with Crippen LogP contribution in [0.25, 0.3) is 0 Å². The molecular formula is C28H64MoO8P4. The van der Waals surface area contributed by atoms with Crippen LogP contribution >= 0.6 is 32.1 Å². The Kier molecular flexibility index (Phi) is 61.3. The summed E-state index contributed by atoms with van der Waals surface area (Å²) in [6.45, 7) is 8.60. The smallest absolute Gasteiger partial charge is 0.802 e. The van der Waals surface area contributed by atoms with E-state index in [1.807, 2.05) is 0 Å². The molecule has 0 aliphatic heterocycles. The first-order chi connectivity index (χ1) is 19.1. The first-order valence-electron chi connectivity index (χ1n) is 15.9. The van der Waals surface area contributed by atoms with E-state index in [2.05, 4.69) is 27.7 Å². The number of unbranched alkanes of at least 4 members (excludes halogenated alkanes) is 16. The Balaban J connectivity index is -0.000000139. The maximum atomic E-state index is 10.1. The van der Waals surface area contributed by atoms with Crippen molar-refractivity contribution in [2.75, 3.05) is 24.6 Å². The molecule has 4 atom stereocenters. The fourth-order valence-electron chi connectivity index (χ4n) is 3.49. The van der Waals surface area contributed by atoms with Gasteiger partial charge in [-0.25, -0.2) is 0 Å². The molecular weight excluding hydrogens is 684 g/mol. The zero-order valence-electron chi connectivity index (χ0n) is 26.6. The van der Waals surface area contributed by atoms with E-state index in [4.69, 9.17) is 0 Å². The minimum Gasteiger partial charge on any atom is -0.802 e. The quantitative estimate of drug-likeness (QED) is 0.0571. The maximum absolute atomic E-state index is 10.1. The second kappa shape index (κ2) is 48.4. The van der Waals surface area contributed by atoms with Gasteiger partial charge in [0.1, 0.15) is 0 Å². The SMILES string of the molecule is CCCCCCC[PH](=O)[O-].CCCCCCC[PH](=O)[O-].CCCCCCC[PH](=O)[O-].CCCCCCC[PH](=O)[O-].[Mo+4]. The Morgan fingerprint density at radius 1 is 0.317 bits per heavy atom. The Bertz CT molecular complexity index is 477. The van der Waals surface area contributed by atoms with Crippen LogP contribution in [0.5, 0.6) is 0 Å². The molecule has 0 spiro atoms. The van der Waals surface area contributed by atoms with Gasteiger partial charge in [-0.05, 0) is 50.3 Å². The van der Waals surface area contributed by atoms with Gasteiger partial charge in [0.2, 0.25) is 0 Å². The van der Waals surface area contributed by atoms with E-state index in [-0.39, 0.29) is 21.1 Å². The predicted molar refractivity (Wildman–Crippen MR) is 171 cm³/mol. The van der Waals surface area contributed by atoms with Crippen molar-refractivity contribution in [3.8, 4) is 0 Å². The average molecular weight is 749 g/mol. The van der Waals surface area contributed by atoms with Crippen molar-refractivity contribution in [3.63, 3.8) is 0 Å². The van der Waals surface area contributed by atoms with Crippen LogP contribution in [0.2, 0.25) is 0 Å². The fourth-order valence-corrected chi connectivity index (χ4v) is 5.65. The fraction of sp³-hybridized carbons (Fsp3) is 1.00. The second-order valence-electron chi connectivity index (χ2n) is 10.1. The predicted octanol–water partition coefficient (Wildman–Crippen LogP) is 7.16. The number of hydrogen-bond donors (Lipinski definition) is 0. The third kappa shape index (κ3) is 74.4. The van der Waals surface area contributed by atoms with Crippen molar-refractivity contribution in [2.45, 2.75) is 156 Å². The summed E-state index contributed by atoms with van der Waals surface area (Å²) in [5.41, 5.74) is 0. The largest absolute Gasteiger partial charge is 4.00 e. The molecule has 0 bridgehead atoms. The zero-order chi connectivity index (χ0) is 31.3. The molecule has 0 aromatic carbocycles. The Morgan fingerprint density at radius 3 is 0.585 bits per heavy atom. The molecule has 0 fully saturated rings. The van der Waals surface area contributed by atoms with E-state index in [0.29, 0.717) is 24.6 Å². The Labute approximate surface area is 270 Å². The summed E-state index contributed by atoms with van der Waals surface area (Å²) in [6.07, 6.45) is 23.9. The van der Waals surface area contributed by atoms with Crippen molar-refractivity contribution >= 4 is 32.1 Å². The molecule has 41 heavy (non-hydrogen) atoms. The van der Waals surface area contributed by atoms with Crippen LogP contribution in [-0.4, -0.2) is 24.6 Å². The third-order valence-corrected chi connectivity index (χ3v) is 8.99. The van der Waals surface area contributed by atoms with Crippen molar-refractivity contribution in [3.05, 3.63) is 0 Å². The normalized spacial score (nSPS) is 13.1. The van der Waals surface area contributed by atoms with E-state index >= 15 is 0 Å². The summed E-state index contributed by atoms with van der Waals surface area (Å²) in [4.78, 5) is 40.4. The summed E-state index contributed by atoms with van der Waals surface area (Å²) in [6, 6.07) is 0. The first-order valence-corrected chi connectivity index (χ1v) is 22.0. The van der Waals surface area contributed by atoms with E-state index in [0.717, 1.165) is 51.4 Å². The molecule has 0 heterocycles. The van der Waals surface area contributed by atoms with Gasteiger partial charge in [-0.3, -0.25) is 0 Å². The summed E-state index contributed by atoms with van der Waals surface area (Å²) < 4.78 is 40.4. The molecule has 0 saturated carbocycles. The summed E-state index contributed by atoms with van der Waals surface area (Å²) in [5.74, 6) is 0. The average Bonchev–Trinajstić information content (AvgIpc) is 2.89. The molecule has 13 heteroatoms. The molecule has 0 aliphatic carbocycles. The minimum absolute atomic E-state index is 0. The molecule has 8 nitrogen and oxygen atoms in total. The standard InChI is InChI=1S/4C7H17O2P.Mo/c4*1-2-3-4-5-6-7-10(8)9;/h4*10H,2-7H2,1H3,(H,8,9);/q;;;;+4/p-4. The number of hydrogen-bond acceptors (Lipinski definition) is 8. The van der Waals surface area contributed by atoms with Crippen LogP contribution in [0.3, 0.4) is 0 Å². The Morgan fingerprint density at radius 2 is 0.463 bits per heavy atom. The van der Waals surface area contributed by atoms with Crippen molar-refractivity contribution in [1.29, 1.82) is 0 Å².